The molecule has 0 atom stereocenters. The molecule has 0 aliphatic carbocycles. The van der Waals surface area contributed by atoms with E-state index in [1.807, 2.05) is 6.92 Å². The molecule has 3 rings (SSSR count). The minimum Gasteiger partial charge on any atom is -0.490 e. The molecule has 1 aliphatic rings. The third-order valence-electron chi connectivity index (χ3n) is 4.44. The SMILES string of the molecule is CCOc1cc(/C=C2\SC(=O)N(CC(=O)Nc3ccc(Cl)cc3)C2=O)ccc1OCC(C)C. The number of nitrogens with one attached hydrogen (secondary N) is 1. The Morgan fingerprint density at radius 3 is 2.52 bits per heavy atom. The molecule has 7 nitrogen and oxygen atoms in total. The summed E-state index contributed by atoms with van der Waals surface area (Å²) in [7, 11) is 0. The monoisotopic (exact) mass is 488 g/mol. The predicted octanol–water partition coefficient (Wildman–Crippen LogP) is 5.45. The van der Waals surface area contributed by atoms with Gasteiger partial charge >= 0.3 is 0 Å². The molecule has 0 aromatic heterocycles. The second-order valence-electron chi connectivity index (χ2n) is 7.67. The number of amides is 3. The van der Waals surface area contributed by atoms with Crippen molar-refractivity contribution in [2.75, 3.05) is 25.1 Å². The standard InChI is InChI=1S/C24H25ClN2O5S/c1-4-31-20-11-16(5-10-19(20)32-14-15(2)3)12-21-23(29)27(24(30)33-21)13-22(28)26-18-8-6-17(25)7-9-18/h5-12,15H,4,13-14H2,1-3H3,(H,26,28)/b21-12-. The maximum atomic E-state index is 12.8. The van der Waals surface area contributed by atoms with Gasteiger partial charge in [-0.1, -0.05) is 31.5 Å². The van der Waals surface area contributed by atoms with Gasteiger partial charge in [0.05, 0.1) is 18.1 Å². The number of ether oxygens (including phenoxy) is 2. The maximum absolute atomic E-state index is 12.8. The second-order valence-corrected chi connectivity index (χ2v) is 9.10. The Bertz CT molecular complexity index is 1070. The van der Waals surface area contributed by atoms with E-state index < -0.39 is 17.1 Å². The molecule has 0 saturated carbocycles. The van der Waals surface area contributed by atoms with Crippen LogP contribution in [0, 0.1) is 5.92 Å². The Morgan fingerprint density at radius 2 is 1.85 bits per heavy atom. The lowest BCUT2D eigenvalue weighted by Gasteiger charge is -2.14. The summed E-state index contributed by atoms with van der Waals surface area (Å²) in [5.41, 5.74) is 1.21. The van der Waals surface area contributed by atoms with Crippen LogP contribution in [0.1, 0.15) is 26.3 Å². The Hall–Kier alpha value is -2.97. The summed E-state index contributed by atoms with van der Waals surface area (Å²) >= 11 is 6.63. The summed E-state index contributed by atoms with van der Waals surface area (Å²) < 4.78 is 11.5. The molecule has 1 saturated heterocycles. The van der Waals surface area contributed by atoms with E-state index in [1.54, 1.807) is 48.5 Å². The van der Waals surface area contributed by atoms with Crippen molar-refractivity contribution in [1.29, 1.82) is 0 Å². The van der Waals surface area contributed by atoms with Crippen LogP contribution in [0.15, 0.2) is 47.4 Å². The van der Waals surface area contributed by atoms with Crippen LogP contribution in [0.5, 0.6) is 11.5 Å². The van der Waals surface area contributed by atoms with Crippen LogP contribution in [0.2, 0.25) is 5.02 Å². The van der Waals surface area contributed by atoms with Gasteiger partial charge in [-0.15, -0.1) is 0 Å². The fourth-order valence-corrected chi connectivity index (χ4v) is 3.89. The molecule has 9 heteroatoms. The van der Waals surface area contributed by atoms with Crippen LogP contribution < -0.4 is 14.8 Å². The van der Waals surface area contributed by atoms with Gasteiger partial charge in [-0.3, -0.25) is 19.3 Å². The summed E-state index contributed by atoms with van der Waals surface area (Å²) in [6, 6.07) is 11.9. The van der Waals surface area contributed by atoms with Crippen molar-refractivity contribution < 1.29 is 23.9 Å². The van der Waals surface area contributed by atoms with Crippen molar-refractivity contribution in [3.05, 3.63) is 58.0 Å². The minimum absolute atomic E-state index is 0.234. The zero-order valence-electron chi connectivity index (χ0n) is 18.6. The Kier molecular flexibility index (Phi) is 8.41. The lowest BCUT2D eigenvalue weighted by molar-refractivity contribution is -0.127. The number of carbonyl (C=O) groups is 3. The van der Waals surface area contributed by atoms with E-state index in [0.717, 1.165) is 16.7 Å². The number of carbonyl (C=O) groups excluding carboxylic acids is 3. The molecule has 1 aliphatic heterocycles. The number of halogens is 1. The fraction of sp³-hybridized carbons (Fsp3) is 0.292. The molecule has 0 bridgehead atoms. The summed E-state index contributed by atoms with van der Waals surface area (Å²) in [5, 5.41) is 2.68. The van der Waals surface area contributed by atoms with Gasteiger partial charge in [0, 0.05) is 10.7 Å². The highest BCUT2D eigenvalue weighted by Gasteiger charge is 2.36. The number of anilines is 1. The predicted molar refractivity (Wildman–Crippen MR) is 131 cm³/mol. The van der Waals surface area contributed by atoms with E-state index >= 15 is 0 Å². The van der Waals surface area contributed by atoms with Crippen molar-refractivity contribution in [3.63, 3.8) is 0 Å². The Labute approximate surface area is 202 Å². The van der Waals surface area contributed by atoms with E-state index in [4.69, 9.17) is 21.1 Å². The molecule has 174 valence electrons. The van der Waals surface area contributed by atoms with Crippen LogP contribution in [-0.2, 0) is 9.59 Å². The number of imide groups is 1. The zero-order chi connectivity index (χ0) is 24.0. The van der Waals surface area contributed by atoms with Gasteiger partial charge in [-0.2, -0.15) is 0 Å². The molecule has 1 fully saturated rings. The summed E-state index contributed by atoms with van der Waals surface area (Å²) in [5.74, 6) is 0.548. The number of thioether (sulfide) groups is 1. The minimum atomic E-state index is -0.519. The van der Waals surface area contributed by atoms with Crippen molar-refractivity contribution >= 4 is 52.2 Å². The molecule has 2 aromatic carbocycles. The van der Waals surface area contributed by atoms with Crippen LogP contribution >= 0.6 is 23.4 Å². The summed E-state index contributed by atoms with van der Waals surface area (Å²) in [6.45, 7) is 6.62. The normalized spacial score (nSPS) is 14.8. The third-order valence-corrected chi connectivity index (χ3v) is 5.60. The highest BCUT2D eigenvalue weighted by molar-refractivity contribution is 8.18. The number of benzene rings is 2. The quantitative estimate of drug-likeness (QED) is 0.472. The topological polar surface area (TPSA) is 84.9 Å². The van der Waals surface area contributed by atoms with Crippen molar-refractivity contribution in [3.8, 4) is 11.5 Å². The average molecular weight is 489 g/mol. The van der Waals surface area contributed by atoms with Crippen LogP contribution in [0.25, 0.3) is 6.08 Å². The molecule has 0 spiro atoms. The summed E-state index contributed by atoms with van der Waals surface area (Å²) in [4.78, 5) is 38.6. The first kappa shape index (κ1) is 24.7. The van der Waals surface area contributed by atoms with Crippen molar-refractivity contribution in [2.45, 2.75) is 20.8 Å². The first-order valence-corrected chi connectivity index (χ1v) is 11.7. The maximum Gasteiger partial charge on any atom is 0.294 e. The molecule has 2 aromatic rings. The zero-order valence-corrected chi connectivity index (χ0v) is 20.2. The van der Waals surface area contributed by atoms with Crippen LogP contribution in [0.3, 0.4) is 0 Å². The number of nitrogens with zero attached hydrogens (tertiary/aromatic N) is 1. The highest BCUT2D eigenvalue weighted by atomic mass is 35.5. The molecular formula is C24H25ClN2O5S. The summed E-state index contributed by atoms with van der Waals surface area (Å²) in [6.07, 6.45) is 1.61. The van der Waals surface area contributed by atoms with Gasteiger partial charge in [0.2, 0.25) is 5.91 Å². The molecule has 0 unspecified atom stereocenters. The third kappa shape index (κ3) is 6.76. The van der Waals surface area contributed by atoms with E-state index in [0.29, 0.717) is 46.9 Å². The molecule has 1 N–H and O–H groups in total. The average Bonchev–Trinajstić information content (AvgIpc) is 3.02. The van der Waals surface area contributed by atoms with Gasteiger partial charge in [0.15, 0.2) is 11.5 Å². The van der Waals surface area contributed by atoms with Crippen molar-refractivity contribution in [2.24, 2.45) is 5.92 Å². The van der Waals surface area contributed by atoms with E-state index in [1.165, 1.54) is 0 Å². The fourth-order valence-electron chi connectivity index (χ4n) is 2.92. The highest BCUT2D eigenvalue weighted by Crippen LogP contribution is 2.34. The first-order chi connectivity index (χ1) is 15.8. The lowest BCUT2D eigenvalue weighted by Crippen LogP contribution is -2.36. The van der Waals surface area contributed by atoms with Crippen LogP contribution in [0.4, 0.5) is 10.5 Å². The molecule has 1 heterocycles. The molecule has 0 radical (unpaired) electrons. The number of hydrogen-bond donors (Lipinski definition) is 1. The second kappa shape index (κ2) is 11.2. The molecule has 3 amide bonds. The van der Waals surface area contributed by atoms with E-state index in [-0.39, 0.29) is 11.4 Å². The van der Waals surface area contributed by atoms with Crippen LogP contribution in [-0.4, -0.2) is 41.7 Å². The van der Waals surface area contributed by atoms with Gasteiger partial charge in [0.25, 0.3) is 11.1 Å². The number of hydrogen-bond acceptors (Lipinski definition) is 6. The van der Waals surface area contributed by atoms with Gasteiger partial charge < -0.3 is 14.8 Å². The number of rotatable bonds is 9. The first-order valence-electron chi connectivity index (χ1n) is 10.5. The van der Waals surface area contributed by atoms with E-state index in [2.05, 4.69) is 19.2 Å². The lowest BCUT2D eigenvalue weighted by atomic mass is 10.1. The largest absolute Gasteiger partial charge is 0.490 e. The van der Waals surface area contributed by atoms with Gasteiger partial charge in [0.1, 0.15) is 6.54 Å². The Balaban J connectivity index is 1.71. The Morgan fingerprint density at radius 1 is 1.12 bits per heavy atom. The van der Waals surface area contributed by atoms with Gasteiger partial charge in [-0.05, 0) is 72.6 Å². The smallest absolute Gasteiger partial charge is 0.294 e. The molecule has 33 heavy (non-hydrogen) atoms. The van der Waals surface area contributed by atoms with Gasteiger partial charge in [-0.25, -0.2) is 0 Å². The van der Waals surface area contributed by atoms with Crippen molar-refractivity contribution in [1.82, 2.24) is 4.90 Å². The molecular weight excluding hydrogens is 464 g/mol. The van der Waals surface area contributed by atoms with E-state index in [9.17, 15) is 14.4 Å².